The molecule has 0 fully saturated rings. The Kier molecular flexibility index (Phi) is 5.30. The molecule has 0 bridgehead atoms. The van der Waals surface area contributed by atoms with Gasteiger partial charge in [-0.3, -0.25) is 4.79 Å². The number of para-hydroxylation sites is 1. The van der Waals surface area contributed by atoms with E-state index < -0.39 is 6.04 Å². The summed E-state index contributed by atoms with van der Waals surface area (Å²) in [6, 6.07) is 27.3. The molecular formula is C23H23NO. The van der Waals surface area contributed by atoms with Crippen molar-refractivity contribution in [2.45, 2.75) is 25.8 Å². The van der Waals surface area contributed by atoms with Crippen molar-refractivity contribution in [2.24, 2.45) is 0 Å². The quantitative estimate of drug-likeness (QED) is 0.575. The Labute approximate surface area is 149 Å². The van der Waals surface area contributed by atoms with Crippen molar-refractivity contribution >= 4 is 11.5 Å². The van der Waals surface area contributed by atoms with Crippen LogP contribution in [0.1, 0.15) is 47.3 Å². The number of benzene rings is 3. The van der Waals surface area contributed by atoms with Gasteiger partial charge in [-0.15, -0.1) is 0 Å². The van der Waals surface area contributed by atoms with E-state index in [1.54, 1.807) is 0 Å². The third-order valence-corrected chi connectivity index (χ3v) is 4.34. The Bertz CT molecular complexity index is 808. The van der Waals surface area contributed by atoms with E-state index in [9.17, 15) is 4.79 Å². The zero-order chi connectivity index (χ0) is 17.6. The molecule has 126 valence electrons. The molecule has 25 heavy (non-hydrogen) atoms. The lowest BCUT2D eigenvalue weighted by molar-refractivity contribution is 0.0969. The Hall–Kier alpha value is -2.87. The SMILES string of the molecule is CC(C)c1ccc(C(=O)[C@@H](Nc2ccccc2)c2ccccc2)cc1. The summed E-state index contributed by atoms with van der Waals surface area (Å²) in [5.41, 5.74) is 3.86. The van der Waals surface area contributed by atoms with Gasteiger partial charge < -0.3 is 5.32 Å². The number of Topliss-reactive ketones (excluding diaryl/α,β-unsaturated/α-hetero) is 1. The van der Waals surface area contributed by atoms with Crippen molar-refractivity contribution in [3.63, 3.8) is 0 Å². The molecule has 0 amide bonds. The van der Waals surface area contributed by atoms with Gasteiger partial charge in [-0.2, -0.15) is 0 Å². The lowest BCUT2D eigenvalue weighted by Crippen LogP contribution is -2.21. The molecule has 0 aliphatic heterocycles. The van der Waals surface area contributed by atoms with E-state index in [1.807, 2.05) is 84.9 Å². The summed E-state index contributed by atoms with van der Waals surface area (Å²) in [5, 5.41) is 3.38. The van der Waals surface area contributed by atoms with Crippen molar-refractivity contribution in [3.05, 3.63) is 102 Å². The predicted molar refractivity (Wildman–Crippen MR) is 104 cm³/mol. The number of rotatable bonds is 6. The van der Waals surface area contributed by atoms with Gasteiger partial charge in [0.05, 0.1) is 0 Å². The van der Waals surface area contributed by atoms with Crippen LogP contribution in [0.25, 0.3) is 0 Å². The van der Waals surface area contributed by atoms with Gasteiger partial charge in [0.1, 0.15) is 6.04 Å². The summed E-state index contributed by atoms with van der Waals surface area (Å²) in [5.74, 6) is 0.530. The molecule has 2 heteroatoms. The van der Waals surface area contributed by atoms with Crippen molar-refractivity contribution < 1.29 is 4.79 Å². The Morgan fingerprint density at radius 3 is 1.84 bits per heavy atom. The molecule has 1 N–H and O–H groups in total. The summed E-state index contributed by atoms with van der Waals surface area (Å²) in [7, 11) is 0. The minimum absolute atomic E-state index is 0.0744. The van der Waals surface area contributed by atoms with E-state index in [2.05, 4.69) is 19.2 Å². The van der Waals surface area contributed by atoms with Gasteiger partial charge in [-0.25, -0.2) is 0 Å². The van der Waals surface area contributed by atoms with E-state index in [1.165, 1.54) is 5.56 Å². The highest BCUT2D eigenvalue weighted by atomic mass is 16.1. The van der Waals surface area contributed by atoms with Crippen LogP contribution in [0.15, 0.2) is 84.9 Å². The molecule has 2 nitrogen and oxygen atoms in total. The first kappa shape index (κ1) is 17.0. The highest BCUT2D eigenvalue weighted by Crippen LogP contribution is 2.24. The summed E-state index contributed by atoms with van der Waals surface area (Å²) >= 11 is 0. The van der Waals surface area contributed by atoms with Crippen LogP contribution in [0.3, 0.4) is 0 Å². The second kappa shape index (κ2) is 7.80. The molecule has 0 radical (unpaired) electrons. The molecule has 0 saturated heterocycles. The number of ketones is 1. The molecule has 3 aromatic carbocycles. The van der Waals surface area contributed by atoms with Crippen molar-refractivity contribution in [2.75, 3.05) is 5.32 Å². The van der Waals surface area contributed by atoms with E-state index in [0.29, 0.717) is 5.92 Å². The average Bonchev–Trinajstić information content (AvgIpc) is 2.67. The van der Waals surface area contributed by atoms with Gasteiger partial charge in [0.25, 0.3) is 0 Å². The van der Waals surface area contributed by atoms with Crippen LogP contribution in [0, 0.1) is 0 Å². The zero-order valence-corrected chi connectivity index (χ0v) is 14.6. The fourth-order valence-electron chi connectivity index (χ4n) is 2.85. The van der Waals surface area contributed by atoms with Gasteiger partial charge in [0.15, 0.2) is 5.78 Å². The van der Waals surface area contributed by atoms with Gasteiger partial charge in [0, 0.05) is 11.3 Å². The topological polar surface area (TPSA) is 29.1 Å². The minimum Gasteiger partial charge on any atom is -0.371 e. The van der Waals surface area contributed by atoms with E-state index >= 15 is 0 Å². The Morgan fingerprint density at radius 2 is 1.28 bits per heavy atom. The lowest BCUT2D eigenvalue weighted by Gasteiger charge is -2.20. The van der Waals surface area contributed by atoms with Crippen LogP contribution >= 0.6 is 0 Å². The maximum Gasteiger partial charge on any atom is 0.189 e. The summed E-state index contributed by atoms with van der Waals surface area (Å²) in [4.78, 5) is 13.2. The van der Waals surface area contributed by atoms with E-state index in [0.717, 1.165) is 16.8 Å². The van der Waals surface area contributed by atoms with Crippen LogP contribution in [0.2, 0.25) is 0 Å². The zero-order valence-electron chi connectivity index (χ0n) is 14.6. The average molecular weight is 329 g/mol. The first-order valence-electron chi connectivity index (χ1n) is 8.66. The largest absolute Gasteiger partial charge is 0.371 e. The van der Waals surface area contributed by atoms with E-state index in [4.69, 9.17) is 0 Å². The molecule has 1 atom stereocenters. The van der Waals surface area contributed by atoms with Crippen LogP contribution in [0.4, 0.5) is 5.69 Å². The van der Waals surface area contributed by atoms with Crippen LogP contribution in [-0.2, 0) is 0 Å². The lowest BCUT2D eigenvalue weighted by atomic mass is 9.94. The third kappa shape index (κ3) is 4.16. The summed E-state index contributed by atoms with van der Waals surface area (Å²) in [6.45, 7) is 4.31. The molecule has 0 aliphatic carbocycles. The summed E-state index contributed by atoms with van der Waals surface area (Å²) < 4.78 is 0. The van der Waals surface area contributed by atoms with Gasteiger partial charge in [-0.05, 0) is 29.2 Å². The predicted octanol–water partition coefficient (Wildman–Crippen LogP) is 5.85. The molecule has 3 aromatic rings. The van der Waals surface area contributed by atoms with Crippen LogP contribution in [0.5, 0.6) is 0 Å². The van der Waals surface area contributed by atoms with Crippen molar-refractivity contribution in [3.8, 4) is 0 Å². The fourth-order valence-corrected chi connectivity index (χ4v) is 2.85. The second-order valence-electron chi connectivity index (χ2n) is 6.50. The monoisotopic (exact) mass is 329 g/mol. The molecular weight excluding hydrogens is 306 g/mol. The molecule has 0 saturated carbocycles. The maximum absolute atomic E-state index is 13.2. The van der Waals surface area contributed by atoms with E-state index in [-0.39, 0.29) is 5.78 Å². The minimum atomic E-state index is -0.409. The van der Waals surface area contributed by atoms with Gasteiger partial charge in [0.2, 0.25) is 0 Å². The maximum atomic E-state index is 13.2. The smallest absolute Gasteiger partial charge is 0.189 e. The molecule has 0 aromatic heterocycles. The first-order chi connectivity index (χ1) is 12.1. The highest BCUT2D eigenvalue weighted by molar-refractivity contribution is 6.02. The molecule has 0 spiro atoms. The molecule has 0 aliphatic rings. The van der Waals surface area contributed by atoms with Crippen molar-refractivity contribution in [1.82, 2.24) is 0 Å². The number of carbonyl (C=O) groups excluding carboxylic acids is 1. The third-order valence-electron chi connectivity index (χ3n) is 4.34. The number of nitrogens with one attached hydrogen (secondary N) is 1. The van der Waals surface area contributed by atoms with Gasteiger partial charge >= 0.3 is 0 Å². The summed E-state index contributed by atoms with van der Waals surface area (Å²) in [6.07, 6.45) is 0. The highest BCUT2D eigenvalue weighted by Gasteiger charge is 2.22. The standard InChI is InChI=1S/C23H23NO/c1-17(2)18-13-15-20(16-14-18)23(25)22(19-9-5-3-6-10-19)24-21-11-7-4-8-12-21/h3-17,22,24H,1-2H3/t22-/m0/s1. The van der Waals surface area contributed by atoms with Crippen LogP contribution < -0.4 is 5.32 Å². The van der Waals surface area contributed by atoms with Gasteiger partial charge in [-0.1, -0.05) is 86.6 Å². The first-order valence-corrected chi connectivity index (χ1v) is 8.66. The molecule has 3 rings (SSSR count). The number of hydrogen-bond donors (Lipinski definition) is 1. The van der Waals surface area contributed by atoms with Crippen molar-refractivity contribution in [1.29, 1.82) is 0 Å². The number of hydrogen-bond acceptors (Lipinski definition) is 2. The number of anilines is 1. The van der Waals surface area contributed by atoms with Crippen LogP contribution in [-0.4, -0.2) is 5.78 Å². The Morgan fingerprint density at radius 1 is 0.720 bits per heavy atom. The normalized spacial score (nSPS) is 12.0. The fraction of sp³-hybridized carbons (Fsp3) is 0.174. The molecule has 0 heterocycles. The second-order valence-corrected chi connectivity index (χ2v) is 6.50. The Balaban J connectivity index is 1.92. The molecule has 0 unspecified atom stereocenters. The number of carbonyl (C=O) groups is 1.